The highest BCUT2D eigenvalue weighted by Gasteiger charge is 2.46. The van der Waals surface area contributed by atoms with Crippen LogP contribution in [0.4, 0.5) is 23.2 Å². The summed E-state index contributed by atoms with van der Waals surface area (Å²) in [5, 5.41) is 3.26. The minimum Gasteiger partial charge on any atom is -0.371 e. The molecular weight excluding hydrogens is 767 g/mol. The van der Waals surface area contributed by atoms with E-state index >= 15 is 8.78 Å². The maximum Gasteiger partial charge on any atom is 0.255 e. The summed E-state index contributed by atoms with van der Waals surface area (Å²) in [4.78, 5) is 63.4. The number of amides is 4. The molecule has 0 bridgehead atoms. The van der Waals surface area contributed by atoms with Gasteiger partial charge in [0.05, 0.1) is 19.1 Å². The van der Waals surface area contributed by atoms with Crippen LogP contribution in [0, 0.1) is 17.0 Å². The number of H-pyrrole nitrogens is 1. The third kappa shape index (κ3) is 6.48. The number of aromatic amines is 1. The summed E-state index contributed by atoms with van der Waals surface area (Å²) in [5.74, 6) is -2.54. The lowest BCUT2D eigenvalue weighted by Gasteiger charge is -2.41. The van der Waals surface area contributed by atoms with E-state index in [1.165, 1.54) is 17.0 Å². The van der Waals surface area contributed by atoms with Gasteiger partial charge in [0, 0.05) is 97.1 Å². The van der Waals surface area contributed by atoms with Gasteiger partial charge in [-0.1, -0.05) is 24.3 Å². The molecule has 3 aromatic carbocycles. The number of hydrogen-bond donors (Lipinski definition) is 2. The summed E-state index contributed by atoms with van der Waals surface area (Å²) >= 11 is 0. The summed E-state index contributed by atoms with van der Waals surface area (Å²) < 4.78 is 60.6. The normalized spacial score (nSPS) is 25.8. The molecule has 3 saturated heterocycles. The summed E-state index contributed by atoms with van der Waals surface area (Å²) in [6, 6.07) is 12.0. The summed E-state index contributed by atoms with van der Waals surface area (Å²) in [7, 11) is 0. The molecule has 11 nitrogen and oxygen atoms in total. The van der Waals surface area contributed by atoms with Crippen molar-refractivity contribution in [2.45, 2.75) is 83.2 Å². The van der Waals surface area contributed by atoms with Crippen molar-refractivity contribution in [3.05, 3.63) is 99.2 Å². The van der Waals surface area contributed by atoms with E-state index in [4.69, 9.17) is 0 Å². The number of benzene rings is 3. The molecule has 6 aliphatic heterocycles. The lowest BCUT2D eigenvalue weighted by molar-refractivity contribution is -0.137. The van der Waals surface area contributed by atoms with Crippen molar-refractivity contribution in [1.82, 2.24) is 29.9 Å². The highest BCUT2D eigenvalue weighted by atomic mass is 19.3. The molecule has 3 fully saturated rings. The van der Waals surface area contributed by atoms with Crippen molar-refractivity contribution in [3.8, 4) is 0 Å². The second-order valence-corrected chi connectivity index (χ2v) is 17.5. The largest absolute Gasteiger partial charge is 0.371 e. The van der Waals surface area contributed by atoms with Crippen LogP contribution in [-0.2, 0) is 40.4 Å². The summed E-state index contributed by atoms with van der Waals surface area (Å²) in [6.07, 6.45) is -0.183. The van der Waals surface area contributed by atoms with Crippen molar-refractivity contribution in [1.29, 1.82) is 0 Å². The Labute approximate surface area is 338 Å². The van der Waals surface area contributed by atoms with Crippen LogP contribution in [0.2, 0.25) is 0 Å². The number of aromatic nitrogens is 1. The molecule has 59 heavy (non-hydrogen) atoms. The number of nitrogens with one attached hydrogen (secondary N) is 2. The van der Waals surface area contributed by atoms with Crippen molar-refractivity contribution in [3.63, 3.8) is 0 Å². The van der Waals surface area contributed by atoms with E-state index in [1.807, 2.05) is 53.1 Å². The van der Waals surface area contributed by atoms with Gasteiger partial charge in [-0.2, -0.15) is 0 Å². The third-order valence-electron chi connectivity index (χ3n) is 13.8. The maximum absolute atomic E-state index is 16.4. The Kier molecular flexibility index (Phi) is 9.12. The average Bonchev–Trinajstić information content (AvgIpc) is 4.03. The number of para-hydroxylation sites is 1. The molecule has 0 radical (unpaired) electrons. The van der Waals surface area contributed by atoms with Gasteiger partial charge in [0.15, 0.2) is 0 Å². The lowest BCUT2D eigenvalue weighted by Crippen LogP contribution is -2.52. The molecule has 4 aromatic rings. The Hall–Kier alpha value is -5.28. The molecule has 2 N–H and O–H groups in total. The summed E-state index contributed by atoms with van der Waals surface area (Å²) in [5.41, 5.74) is 5.59. The molecule has 1 spiro atoms. The highest BCUT2D eigenvalue weighted by Crippen LogP contribution is 2.46. The number of fused-ring (bicyclic) bond motifs is 5. The number of halogens is 4. The number of carbonyl (C=O) groups is 4. The SMILES string of the molecule is C[C@@H]1Cc2c([nH]c3ccccc23)[C@@H](c2c(F)cc(N3CCC4(CCN(C(=O)CN5Cc6cc7c(cc6C5)C(=O)N(C5CCC(=O)NC5=O)C7)C4)C3)cc2F)N1CC(F)F. The zero-order chi connectivity index (χ0) is 40.9. The van der Waals surface area contributed by atoms with Crippen molar-refractivity contribution < 1.29 is 36.7 Å². The molecule has 308 valence electrons. The van der Waals surface area contributed by atoms with E-state index in [1.54, 1.807) is 4.90 Å². The van der Waals surface area contributed by atoms with Gasteiger partial charge >= 0.3 is 0 Å². The molecule has 0 aliphatic carbocycles. The third-order valence-corrected chi connectivity index (χ3v) is 13.8. The molecule has 1 aromatic heterocycles. The molecule has 4 atom stereocenters. The van der Waals surface area contributed by atoms with Gasteiger partial charge in [0.2, 0.25) is 17.7 Å². The number of anilines is 1. The Morgan fingerprint density at radius 2 is 1.68 bits per heavy atom. The fourth-order valence-corrected chi connectivity index (χ4v) is 10.9. The van der Waals surface area contributed by atoms with Crippen molar-refractivity contribution >= 4 is 40.2 Å². The van der Waals surface area contributed by atoms with Gasteiger partial charge in [0.25, 0.3) is 12.3 Å². The van der Waals surface area contributed by atoms with Crippen molar-refractivity contribution in [2.24, 2.45) is 5.41 Å². The Morgan fingerprint density at radius 3 is 2.44 bits per heavy atom. The van der Waals surface area contributed by atoms with Gasteiger partial charge in [-0.3, -0.25) is 34.3 Å². The van der Waals surface area contributed by atoms with Crippen LogP contribution in [0.1, 0.15) is 82.5 Å². The standard InChI is InChI=1S/C44H45F4N7O4/c1-24-12-31-29-4-2-3-5-34(29)49-40(31)41(54(24)20-36(47)48)39-32(45)15-28(16-33(39)46)52-10-8-44(22-52)9-11-53(23-44)38(57)21-51-17-25-13-27-19-55(35-6-7-37(56)50-42(35)58)43(59)30(27)14-26(25)18-51/h2-5,13-16,24,35-36,41,49H,6-12,17-23H2,1H3,(H,50,56,58)/t24-,35?,41-,44?/m1/s1. The number of nitrogens with zero attached hydrogens (tertiary/aromatic N) is 5. The first kappa shape index (κ1) is 38.0. The number of carbonyl (C=O) groups excluding carboxylic acids is 4. The monoisotopic (exact) mass is 811 g/mol. The predicted molar refractivity (Wildman–Crippen MR) is 209 cm³/mol. The number of likely N-dealkylation sites (tertiary alicyclic amines) is 1. The number of piperidine rings is 1. The van der Waals surface area contributed by atoms with Gasteiger partial charge in [-0.25, -0.2) is 17.6 Å². The fraction of sp³-hybridized carbons (Fsp3) is 0.455. The topological polar surface area (TPSA) is 112 Å². The van der Waals surface area contributed by atoms with Crippen LogP contribution < -0.4 is 10.2 Å². The van der Waals surface area contributed by atoms with E-state index in [0.717, 1.165) is 46.0 Å². The zero-order valence-electron chi connectivity index (χ0n) is 32.7. The van der Waals surface area contributed by atoms with Crippen LogP contribution >= 0.6 is 0 Å². The molecule has 2 unspecified atom stereocenters. The van der Waals surface area contributed by atoms with Crippen LogP contribution in [0.3, 0.4) is 0 Å². The molecule has 7 heterocycles. The fourth-order valence-electron chi connectivity index (χ4n) is 10.9. The highest BCUT2D eigenvalue weighted by molar-refractivity contribution is 6.05. The van der Waals surface area contributed by atoms with Crippen LogP contribution in [0.5, 0.6) is 0 Å². The lowest BCUT2D eigenvalue weighted by atomic mass is 9.86. The second kappa shape index (κ2) is 14.2. The first-order valence-electron chi connectivity index (χ1n) is 20.5. The smallest absolute Gasteiger partial charge is 0.255 e. The first-order chi connectivity index (χ1) is 28.3. The minimum atomic E-state index is -2.68. The molecule has 4 amide bonds. The zero-order valence-corrected chi connectivity index (χ0v) is 32.7. The quantitative estimate of drug-likeness (QED) is 0.194. The van der Waals surface area contributed by atoms with E-state index < -0.39 is 42.6 Å². The van der Waals surface area contributed by atoms with Gasteiger partial charge in [0.1, 0.15) is 17.7 Å². The number of rotatable bonds is 7. The number of alkyl halides is 2. The van der Waals surface area contributed by atoms with Gasteiger partial charge in [-0.15, -0.1) is 0 Å². The van der Waals surface area contributed by atoms with E-state index in [0.29, 0.717) is 75.6 Å². The van der Waals surface area contributed by atoms with Crippen LogP contribution in [0.25, 0.3) is 10.9 Å². The molecular formula is C44H45F4N7O4. The summed E-state index contributed by atoms with van der Waals surface area (Å²) in [6.45, 7) is 5.01. The Morgan fingerprint density at radius 1 is 0.932 bits per heavy atom. The van der Waals surface area contributed by atoms with Crippen molar-refractivity contribution in [2.75, 3.05) is 44.2 Å². The first-order valence-corrected chi connectivity index (χ1v) is 20.5. The molecule has 6 aliphatic rings. The number of hydrogen-bond acceptors (Lipinski definition) is 7. The number of imide groups is 1. The van der Waals surface area contributed by atoms with Gasteiger partial charge in [-0.05, 0) is 79.1 Å². The predicted octanol–water partition coefficient (Wildman–Crippen LogP) is 5.25. The van der Waals surface area contributed by atoms with Crippen LogP contribution in [-0.4, -0.2) is 106 Å². The molecule has 15 heteroatoms. The van der Waals surface area contributed by atoms with E-state index in [2.05, 4.69) is 15.2 Å². The molecule has 10 rings (SSSR count). The Balaban J connectivity index is 0.799. The van der Waals surface area contributed by atoms with Crippen LogP contribution in [0.15, 0.2) is 48.5 Å². The average molecular weight is 812 g/mol. The second-order valence-electron chi connectivity index (χ2n) is 17.5. The van der Waals surface area contributed by atoms with E-state index in [9.17, 15) is 28.0 Å². The Bertz CT molecular complexity index is 2420. The van der Waals surface area contributed by atoms with Gasteiger partial charge < -0.3 is 19.7 Å². The van der Waals surface area contributed by atoms with E-state index in [-0.39, 0.29) is 47.7 Å². The minimum absolute atomic E-state index is 0.00799. The maximum atomic E-state index is 16.4. The molecule has 0 saturated carbocycles.